The van der Waals surface area contributed by atoms with Gasteiger partial charge in [0, 0.05) is 5.02 Å². The number of amides is 3. The molecule has 2 aromatic rings. The van der Waals surface area contributed by atoms with Crippen LogP contribution >= 0.6 is 23.4 Å². The second kappa shape index (κ2) is 8.37. The molecule has 0 spiro atoms. The second-order valence-electron chi connectivity index (χ2n) is 5.66. The fourth-order valence-electron chi connectivity index (χ4n) is 2.47. The lowest BCUT2D eigenvalue weighted by atomic mass is 10.2. The summed E-state index contributed by atoms with van der Waals surface area (Å²) in [5.74, 6) is -0.327. The van der Waals surface area contributed by atoms with Crippen molar-refractivity contribution >= 4 is 52.2 Å². The van der Waals surface area contributed by atoms with E-state index >= 15 is 0 Å². The lowest BCUT2D eigenvalue weighted by Crippen LogP contribution is -2.27. The predicted octanol–water partition coefficient (Wildman–Crippen LogP) is 3.45. The molecule has 2 N–H and O–H groups in total. The largest absolute Gasteiger partial charge is 0.493 e. The number of thioether (sulfide) groups is 1. The highest BCUT2D eigenvalue weighted by molar-refractivity contribution is 8.19. The average molecular weight is 419 g/mol. The smallest absolute Gasteiger partial charge is 0.298 e. The Morgan fingerprint density at radius 3 is 2.54 bits per heavy atom. The maximum Gasteiger partial charge on any atom is 0.298 e. The van der Waals surface area contributed by atoms with E-state index in [1.165, 1.54) is 7.11 Å². The number of imide groups is 1. The summed E-state index contributed by atoms with van der Waals surface area (Å²) >= 11 is 6.70. The van der Waals surface area contributed by atoms with Gasteiger partial charge in [0.15, 0.2) is 18.1 Å². The highest BCUT2D eigenvalue weighted by Gasteiger charge is 2.36. The number of carbonyl (C=O) groups excluding carboxylic acids is 3. The van der Waals surface area contributed by atoms with E-state index < -0.39 is 17.1 Å². The van der Waals surface area contributed by atoms with E-state index in [1.54, 1.807) is 48.5 Å². The summed E-state index contributed by atoms with van der Waals surface area (Å²) in [7, 11) is 1.45. The first-order valence-electron chi connectivity index (χ1n) is 8.01. The molecule has 1 aliphatic heterocycles. The van der Waals surface area contributed by atoms with Crippen LogP contribution in [0.1, 0.15) is 5.56 Å². The Labute approximate surface area is 170 Å². The maximum atomic E-state index is 12.7. The number of carbonyl (C=O) groups is 3. The van der Waals surface area contributed by atoms with Crippen molar-refractivity contribution in [3.05, 3.63) is 58.0 Å². The van der Waals surface area contributed by atoms with Gasteiger partial charge in [-0.05, 0) is 59.8 Å². The van der Waals surface area contributed by atoms with Gasteiger partial charge >= 0.3 is 0 Å². The highest BCUT2D eigenvalue weighted by Crippen LogP contribution is 2.37. The molecule has 28 heavy (non-hydrogen) atoms. The summed E-state index contributed by atoms with van der Waals surface area (Å²) in [5.41, 5.74) is 6.15. The number of nitrogens with two attached hydrogens (primary N) is 1. The van der Waals surface area contributed by atoms with E-state index in [9.17, 15) is 14.4 Å². The third-order valence-corrected chi connectivity index (χ3v) is 4.86. The van der Waals surface area contributed by atoms with Crippen LogP contribution in [-0.4, -0.2) is 30.8 Å². The number of hydrogen-bond acceptors (Lipinski definition) is 6. The Kier molecular flexibility index (Phi) is 5.91. The van der Waals surface area contributed by atoms with Crippen molar-refractivity contribution in [2.24, 2.45) is 5.73 Å². The van der Waals surface area contributed by atoms with Crippen LogP contribution in [0.3, 0.4) is 0 Å². The highest BCUT2D eigenvalue weighted by atomic mass is 35.5. The minimum Gasteiger partial charge on any atom is -0.493 e. The Morgan fingerprint density at radius 2 is 1.89 bits per heavy atom. The van der Waals surface area contributed by atoms with E-state index in [0.29, 0.717) is 27.8 Å². The quantitative estimate of drug-likeness (QED) is 0.721. The molecule has 1 fully saturated rings. The van der Waals surface area contributed by atoms with Crippen molar-refractivity contribution in [2.75, 3.05) is 18.6 Å². The molecular formula is C19H15ClN2O5S. The molecule has 0 atom stereocenters. The minimum atomic E-state index is -0.609. The molecule has 7 nitrogen and oxygen atoms in total. The second-order valence-corrected chi connectivity index (χ2v) is 7.09. The third-order valence-electron chi connectivity index (χ3n) is 3.73. The Morgan fingerprint density at radius 1 is 1.18 bits per heavy atom. The van der Waals surface area contributed by atoms with Gasteiger partial charge in [-0.3, -0.25) is 14.4 Å². The Bertz CT molecular complexity index is 975. The van der Waals surface area contributed by atoms with E-state index in [0.717, 1.165) is 16.7 Å². The number of primary amides is 1. The molecule has 3 rings (SSSR count). The molecule has 144 valence electrons. The predicted molar refractivity (Wildman–Crippen MR) is 108 cm³/mol. The third kappa shape index (κ3) is 4.29. The molecule has 0 aromatic heterocycles. The lowest BCUT2D eigenvalue weighted by Gasteiger charge is -2.12. The van der Waals surface area contributed by atoms with Crippen molar-refractivity contribution < 1.29 is 23.9 Å². The zero-order valence-corrected chi connectivity index (χ0v) is 16.3. The zero-order valence-electron chi connectivity index (χ0n) is 14.7. The van der Waals surface area contributed by atoms with Crippen LogP contribution in [-0.2, 0) is 9.59 Å². The fourth-order valence-corrected chi connectivity index (χ4v) is 3.44. The van der Waals surface area contributed by atoms with Gasteiger partial charge in [0.05, 0.1) is 17.7 Å². The topological polar surface area (TPSA) is 98.9 Å². The molecule has 0 unspecified atom stereocenters. The Hall–Kier alpha value is -2.97. The number of ether oxygens (including phenoxy) is 2. The molecule has 0 saturated carbocycles. The van der Waals surface area contributed by atoms with Crippen molar-refractivity contribution in [3.8, 4) is 11.5 Å². The number of benzene rings is 2. The summed E-state index contributed by atoms with van der Waals surface area (Å²) in [4.78, 5) is 37.2. The van der Waals surface area contributed by atoms with Gasteiger partial charge < -0.3 is 15.2 Å². The van der Waals surface area contributed by atoms with Crippen molar-refractivity contribution in [3.63, 3.8) is 0 Å². The van der Waals surface area contributed by atoms with Crippen molar-refractivity contribution in [2.45, 2.75) is 0 Å². The fraction of sp³-hybridized carbons (Fsp3) is 0.105. The van der Waals surface area contributed by atoms with E-state index in [2.05, 4.69) is 0 Å². The van der Waals surface area contributed by atoms with Crippen LogP contribution in [0.2, 0.25) is 5.02 Å². The normalized spacial score (nSPS) is 15.2. The minimum absolute atomic E-state index is 0.271. The molecule has 3 amide bonds. The van der Waals surface area contributed by atoms with Crippen LogP contribution in [0.5, 0.6) is 11.5 Å². The zero-order chi connectivity index (χ0) is 20.3. The summed E-state index contributed by atoms with van der Waals surface area (Å²) < 4.78 is 10.5. The standard InChI is InChI=1S/C19H15ClN2O5S/c1-26-15-8-11(2-7-14(15)27-10-17(21)23)9-16-18(24)22(19(25)28-16)13-5-3-12(20)4-6-13/h2-9H,10H2,1H3,(H2,21,23)/b16-9+. The van der Waals surface area contributed by atoms with Gasteiger partial charge in [-0.1, -0.05) is 17.7 Å². The number of rotatable bonds is 6. The van der Waals surface area contributed by atoms with Crippen molar-refractivity contribution in [1.29, 1.82) is 0 Å². The van der Waals surface area contributed by atoms with E-state index in [-0.39, 0.29) is 11.5 Å². The Balaban J connectivity index is 1.85. The SMILES string of the molecule is COc1cc(/C=C2/SC(=O)N(c3ccc(Cl)cc3)C2=O)ccc1OCC(N)=O. The number of hydrogen-bond donors (Lipinski definition) is 1. The maximum absolute atomic E-state index is 12.7. The van der Waals surface area contributed by atoms with Crippen LogP contribution in [0.25, 0.3) is 6.08 Å². The van der Waals surface area contributed by atoms with Gasteiger partial charge in [-0.15, -0.1) is 0 Å². The first-order chi connectivity index (χ1) is 13.4. The monoisotopic (exact) mass is 418 g/mol. The molecule has 9 heteroatoms. The van der Waals surface area contributed by atoms with Gasteiger partial charge in [0.1, 0.15) is 0 Å². The summed E-state index contributed by atoms with van der Waals surface area (Å²) in [6.45, 7) is -0.282. The first-order valence-corrected chi connectivity index (χ1v) is 9.21. The van der Waals surface area contributed by atoms with Crippen LogP contribution in [0.4, 0.5) is 10.5 Å². The molecular weight excluding hydrogens is 404 g/mol. The molecule has 1 heterocycles. The lowest BCUT2D eigenvalue weighted by molar-refractivity contribution is -0.120. The number of anilines is 1. The number of nitrogens with zero attached hydrogens (tertiary/aromatic N) is 1. The van der Waals surface area contributed by atoms with Gasteiger partial charge in [-0.2, -0.15) is 0 Å². The molecule has 1 saturated heterocycles. The number of methoxy groups -OCH3 is 1. The van der Waals surface area contributed by atoms with Gasteiger partial charge in [0.2, 0.25) is 0 Å². The summed E-state index contributed by atoms with van der Waals surface area (Å²) in [5, 5.41) is 0.115. The summed E-state index contributed by atoms with van der Waals surface area (Å²) in [6.07, 6.45) is 1.58. The molecule has 0 bridgehead atoms. The summed E-state index contributed by atoms with van der Waals surface area (Å²) in [6, 6.07) is 11.3. The average Bonchev–Trinajstić information content (AvgIpc) is 2.94. The molecule has 0 radical (unpaired) electrons. The van der Waals surface area contributed by atoms with Crippen LogP contribution in [0, 0.1) is 0 Å². The molecule has 1 aliphatic rings. The van der Waals surface area contributed by atoms with Gasteiger partial charge in [-0.25, -0.2) is 4.90 Å². The van der Waals surface area contributed by atoms with Crippen molar-refractivity contribution in [1.82, 2.24) is 0 Å². The molecule has 0 aliphatic carbocycles. The molecule has 2 aromatic carbocycles. The van der Waals surface area contributed by atoms with Crippen LogP contribution in [0.15, 0.2) is 47.4 Å². The van der Waals surface area contributed by atoms with E-state index in [1.807, 2.05) is 0 Å². The van der Waals surface area contributed by atoms with E-state index in [4.69, 9.17) is 26.8 Å². The van der Waals surface area contributed by atoms with Crippen LogP contribution < -0.4 is 20.1 Å². The number of halogens is 1. The first kappa shape index (κ1) is 19.8. The van der Waals surface area contributed by atoms with Gasteiger partial charge in [0.25, 0.3) is 17.1 Å².